The number of benzene rings is 1. The van der Waals surface area contributed by atoms with Crippen molar-refractivity contribution in [3.05, 3.63) is 59.8 Å². The van der Waals surface area contributed by atoms with Crippen LogP contribution in [-0.4, -0.2) is 16.0 Å². The summed E-state index contributed by atoms with van der Waals surface area (Å²) in [6.07, 6.45) is 1.74. The number of aryl methyl sites for hydroxylation is 1. The van der Waals surface area contributed by atoms with E-state index in [4.69, 9.17) is 0 Å². The van der Waals surface area contributed by atoms with Crippen molar-refractivity contribution in [2.24, 2.45) is 0 Å². The van der Waals surface area contributed by atoms with E-state index < -0.39 is 0 Å². The van der Waals surface area contributed by atoms with Crippen molar-refractivity contribution in [3.8, 4) is 0 Å². The highest BCUT2D eigenvalue weighted by Gasteiger charge is 2.16. The number of ketones is 1. The lowest BCUT2D eigenvalue weighted by Crippen LogP contribution is -2.13. The third kappa shape index (κ3) is 3.20. The van der Waals surface area contributed by atoms with Crippen LogP contribution in [0.4, 0.5) is 0 Å². The van der Waals surface area contributed by atoms with E-state index in [1.165, 1.54) is 11.8 Å². The van der Waals surface area contributed by atoms with Crippen molar-refractivity contribution < 1.29 is 4.79 Å². The van der Waals surface area contributed by atoms with Gasteiger partial charge in [0.05, 0.1) is 10.3 Å². The van der Waals surface area contributed by atoms with Gasteiger partial charge in [0, 0.05) is 11.8 Å². The lowest BCUT2D eigenvalue weighted by molar-refractivity contribution is 0.0994. The molecule has 1 heterocycles. The highest BCUT2D eigenvalue weighted by molar-refractivity contribution is 8.00. The monoisotopic (exact) mass is 257 g/mol. The fourth-order valence-corrected chi connectivity index (χ4v) is 2.49. The second-order valence-corrected chi connectivity index (χ2v) is 5.52. The Balaban J connectivity index is 2.07. The number of rotatable bonds is 4. The first-order valence-corrected chi connectivity index (χ1v) is 6.73. The second kappa shape index (κ2) is 5.83. The number of nitrogens with zero attached hydrogens (tertiary/aromatic N) is 1. The van der Waals surface area contributed by atoms with Gasteiger partial charge >= 0.3 is 0 Å². The smallest absolute Gasteiger partial charge is 0.175 e. The molecule has 0 aliphatic rings. The molecule has 18 heavy (non-hydrogen) atoms. The van der Waals surface area contributed by atoms with E-state index >= 15 is 0 Å². The van der Waals surface area contributed by atoms with E-state index in [-0.39, 0.29) is 11.0 Å². The first-order valence-electron chi connectivity index (χ1n) is 5.85. The Kier molecular flexibility index (Phi) is 4.15. The first kappa shape index (κ1) is 12.8. The van der Waals surface area contributed by atoms with Crippen molar-refractivity contribution in [2.75, 3.05) is 0 Å². The van der Waals surface area contributed by atoms with E-state index in [0.29, 0.717) is 0 Å². The molecule has 1 atom stereocenters. The van der Waals surface area contributed by atoms with Gasteiger partial charge in [-0.15, -0.1) is 0 Å². The largest absolute Gasteiger partial charge is 0.293 e. The normalized spacial score (nSPS) is 12.1. The van der Waals surface area contributed by atoms with Crippen molar-refractivity contribution in [1.29, 1.82) is 0 Å². The molecule has 0 spiro atoms. The Bertz CT molecular complexity index is 522. The molecule has 2 rings (SSSR count). The molecule has 0 bridgehead atoms. The number of hydrogen-bond acceptors (Lipinski definition) is 3. The molecule has 0 fully saturated rings. The molecule has 0 radical (unpaired) electrons. The zero-order valence-electron chi connectivity index (χ0n) is 10.5. The summed E-state index contributed by atoms with van der Waals surface area (Å²) in [5, 5.41) is 0.757. The summed E-state index contributed by atoms with van der Waals surface area (Å²) >= 11 is 1.49. The molecule has 0 aliphatic carbocycles. The second-order valence-electron chi connectivity index (χ2n) is 4.16. The minimum atomic E-state index is -0.123. The molecule has 0 N–H and O–H groups in total. The number of pyridine rings is 1. The first-order chi connectivity index (χ1) is 8.66. The quantitative estimate of drug-likeness (QED) is 0.617. The molecule has 0 saturated heterocycles. The summed E-state index contributed by atoms with van der Waals surface area (Å²) in [5.41, 5.74) is 1.92. The summed E-state index contributed by atoms with van der Waals surface area (Å²) < 4.78 is 0. The zero-order valence-corrected chi connectivity index (χ0v) is 11.3. The molecular formula is C15H15NOS. The molecular weight excluding hydrogens is 242 g/mol. The summed E-state index contributed by atoms with van der Waals surface area (Å²) in [6.45, 7) is 3.93. The number of hydrogen-bond donors (Lipinski definition) is 0. The Morgan fingerprint density at radius 2 is 1.89 bits per heavy atom. The Morgan fingerprint density at radius 3 is 2.50 bits per heavy atom. The Hall–Kier alpha value is -1.61. The fraction of sp³-hybridized carbons (Fsp3) is 0.200. The fourth-order valence-electron chi connectivity index (χ4n) is 1.60. The number of aromatic nitrogens is 1. The molecule has 0 saturated carbocycles. The SMILES string of the molecule is Cc1ccc(C(=O)C(C)Sc2ccccn2)cc1. The van der Waals surface area contributed by atoms with Crippen LogP contribution in [0, 0.1) is 6.92 Å². The van der Waals surface area contributed by atoms with Crippen LogP contribution in [0.15, 0.2) is 53.7 Å². The number of carbonyl (C=O) groups is 1. The van der Waals surface area contributed by atoms with Crippen LogP contribution >= 0.6 is 11.8 Å². The number of Topliss-reactive ketones (excluding diaryl/α,β-unsaturated/α-hetero) is 1. The highest BCUT2D eigenvalue weighted by Crippen LogP contribution is 2.23. The lowest BCUT2D eigenvalue weighted by Gasteiger charge is -2.09. The van der Waals surface area contributed by atoms with Crippen molar-refractivity contribution in [2.45, 2.75) is 24.1 Å². The van der Waals surface area contributed by atoms with Crippen molar-refractivity contribution >= 4 is 17.5 Å². The van der Waals surface area contributed by atoms with Gasteiger partial charge in [-0.2, -0.15) is 0 Å². The van der Waals surface area contributed by atoms with E-state index in [1.54, 1.807) is 6.20 Å². The third-order valence-corrected chi connectivity index (χ3v) is 3.69. The Morgan fingerprint density at radius 1 is 1.17 bits per heavy atom. The Labute approximate surface area is 111 Å². The van der Waals surface area contributed by atoms with Gasteiger partial charge in [0.1, 0.15) is 0 Å². The predicted molar refractivity (Wildman–Crippen MR) is 75.1 cm³/mol. The molecule has 1 aromatic carbocycles. The number of thioether (sulfide) groups is 1. The van der Waals surface area contributed by atoms with Crippen LogP contribution in [0.25, 0.3) is 0 Å². The predicted octanol–water partition coefficient (Wildman–Crippen LogP) is 3.75. The van der Waals surface area contributed by atoms with Gasteiger partial charge in [-0.1, -0.05) is 47.7 Å². The van der Waals surface area contributed by atoms with Gasteiger partial charge in [0.15, 0.2) is 5.78 Å². The summed E-state index contributed by atoms with van der Waals surface area (Å²) in [6, 6.07) is 13.4. The summed E-state index contributed by atoms with van der Waals surface area (Å²) in [4.78, 5) is 16.4. The van der Waals surface area contributed by atoms with Gasteiger partial charge in [-0.3, -0.25) is 4.79 Å². The zero-order chi connectivity index (χ0) is 13.0. The van der Waals surface area contributed by atoms with Gasteiger partial charge in [-0.05, 0) is 26.0 Å². The average Bonchev–Trinajstić information content (AvgIpc) is 2.40. The van der Waals surface area contributed by atoms with E-state index in [0.717, 1.165) is 16.2 Å². The van der Waals surface area contributed by atoms with E-state index in [9.17, 15) is 4.79 Å². The van der Waals surface area contributed by atoms with E-state index in [2.05, 4.69) is 4.98 Å². The minimum Gasteiger partial charge on any atom is -0.293 e. The van der Waals surface area contributed by atoms with Gasteiger partial charge in [0.25, 0.3) is 0 Å². The topological polar surface area (TPSA) is 30.0 Å². The maximum atomic E-state index is 12.2. The maximum Gasteiger partial charge on any atom is 0.175 e. The molecule has 1 unspecified atom stereocenters. The summed E-state index contributed by atoms with van der Waals surface area (Å²) in [7, 11) is 0. The van der Waals surface area contributed by atoms with Gasteiger partial charge in [0.2, 0.25) is 0 Å². The van der Waals surface area contributed by atoms with Crippen molar-refractivity contribution in [3.63, 3.8) is 0 Å². The van der Waals surface area contributed by atoms with Crippen LogP contribution in [0.1, 0.15) is 22.8 Å². The molecule has 3 heteroatoms. The number of carbonyl (C=O) groups excluding carboxylic acids is 1. The van der Waals surface area contributed by atoms with Crippen LogP contribution in [0.5, 0.6) is 0 Å². The lowest BCUT2D eigenvalue weighted by atomic mass is 10.1. The minimum absolute atomic E-state index is 0.123. The van der Waals surface area contributed by atoms with Crippen LogP contribution in [0.3, 0.4) is 0 Å². The molecule has 0 amide bonds. The molecule has 1 aromatic heterocycles. The molecule has 2 nitrogen and oxygen atoms in total. The average molecular weight is 257 g/mol. The van der Waals surface area contributed by atoms with Gasteiger partial charge in [-0.25, -0.2) is 4.98 Å². The molecule has 0 aliphatic heterocycles. The van der Waals surface area contributed by atoms with Crippen LogP contribution in [0.2, 0.25) is 0 Å². The van der Waals surface area contributed by atoms with E-state index in [1.807, 2.05) is 56.3 Å². The van der Waals surface area contributed by atoms with Crippen LogP contribution < -0.4 is 0 Å². The third-order valence-electron chi connectivity index (χ3n) is 2.64. The van der Waals surface area contributed by atoms with Gasteiger partial charge < -0.3 is 0 Å². The molecule has 92 valence electrons. The summed E-state index contributed by atoms with van der Waals surface area (Å²) in [5.74, 6) is 0.144. The maximum absolute atomic E-state index is 12.2. The van der Waals surface area contributed by atoms with Crippen LogP contribution in [-0.2, 0) is 0 Å². The standard InChI is InChI=1S/C15H15NOS/c1-11-6-8-13(9-7-11)15(17)12(2)18-14-5-3-4-10-16-14/h3-10,12H,1-2H3. The highest BCUT2D eigenvalue weighted by atomic mass is 32.2. The van der Waals surface area contributed by atoms with Crippen molar-refractivity contribution in [1.82, 2.24) is 4.98 Å². The molecule has 2 aromatic rings.